The predicted molar refractivity (Wildman–Crippen MR) is 146 cm³/mol. The molecule has 0 aliphatic carbocycles. The Labute approximate surface area is 233 Å². The average Bonchev–Trinajstić information content (AvgIpc) is 2.90. The van der Waals surface area contributed by atoms with Gasteiger partial charge >= 0.3 is 6.09 Å². The van der Waals surface area contributed by atoms with E-state index in [2.05, 4.69) is 5.32 Å². The molecule has 0 aliphatic rings. The molecule has 11 nitrogen and oxygen atoms in total. The molecule has 0 spiro atoms. The number of alkyl carbamates (subject to hydrolysis) is 1. The second-order valence-electron chi connectivity index (χ2n) is 9.25. The topological polar surface area (TPSA) is 112 Å². The van der Waals surface area contributed by atoms with Crippen molar-refractivity contribution in [2.45, 2.75) is 33.0 Å². The monoisotopic (exact) mass is 559 g/mol. The van der Waals surface area contributed by atoms with E-state index < -0.39 is 11.7 Å². The van der Waals surface area contributed by atoms with Crippen LogP contribution >= 0.6 is 0 Å². The number of ether oxygens (including phenoxy) is 9. The van der Waals surface area contributed by atoms with Gasteiger partial charge in [0.15, 0.2) is 0 Å². The summed E-state index contributed by atoms with van der Waals surface area (Å²) >= 11 is 0. The van der Waals surface area contributed by atoms with E-state index in [1.807, 2.05) is 51.1 Å². The molecule has 0 saturated carbocycles. The summed E-state index contributed by atoms with van der Waals surface area (Å²) in [6.45, 7) is 13.9. The lowest BCUT2D eigenvalue weighted by atomic mass is 10.2. The molecule has 1 aromatic carbocycles. The quantitative estimate of drug-likeness (QED) is 0.170. The second-order valence-corrected chi connectivity index (χ2v) is 9.25. The van der Waals surface area contributed by atoms with Gasteiger partial charge < -0.3 is 47.9 Å². The first-order chi connectivity index (χ1) is 19.0. The van der Waals surface area contributed by atoms with E-state index in [1.54, 1.807) is 0 Å². The van der Waals surface area contributed by atoms with E-state index in [4.69, 9.17) is 42.6 Å². The van der Waals surface area contributed by atoms with E-state index in [0.29, 0.717) is 112 Å². The zero-order valence-electron chi connectivity index (χ0n) is 24.0. The summed E-state index contributed by atoms with van der Waals surface area (Å²) < 4.78 is 48.8. The van der Waals surface area contributed by atoms with Crippen LogP contribution in [0.25, 0.3) is 0 Å². The molecule has 0 aliphatic heterocycles. The van der Waals surface area contributed by atoms with Gasteiger partial charge in [-0.2, -0.15) is 0 Å². The Morgan fingerprint density at radius 3 is 1.31 bits per heavy atom. The predicted octanol–water partition coefficient (Wildman–Crippen LogP) is 2.84. The van der Waals surface area contributed by atoms with Gasteiger partial charge in [0.1, 0.15) is 5.60 Å². The number of hydrogen-bond acceptors (Lipinski definition) is 10. The molecular formula is C28H49NO10. The number of benzene rings is 1. The highest BCUT2D eigenvalue weighted by Gasteiger charge is 2.15. The molecule has 1 aromatic rings. The fourth-order valence-electron chi connectivity index (χ4n) is 2.84. The number of rotatable bonds is 26. The van der Waals surface area contributed by atoms with Crippen molar-refractivity contribution in [3.05, 3.63) is 35.9 Å². The van der Waals surface area contributed by atoms with Crippen molar-refractivity contribution in [1.29, 1.82) is 0 Å². The molecule has 0 bridgehead atoms. The minimum Gasteiger partial charge on any atom is -0.444 e. The van der Waals surface area contributed by atoms with Gasteiger partial charge in [-0.25, -0.2) is 4.79 Å². The Balaban J connectivity index is 1.66. The molecule has 1 amide bonds. The molecule has 0 atom stereocenters. The Bertz CT molecular complexity index is 672. The second kappa shape index (κ2) is 25.2. The Hall–Kier alpha value is -1.83. The van der Waals surface area contributed by atoms with Crippen LogP contribution in [0.2, 0.25) is 0 Å². The number of carbonyl (C=O) groups is 1. The van der Waals surface area contributed by atoms with E-state index in [0.717, 1.165) is 5.56 Å². The van der Waals surface area contributed by atoms with Crippen LogP contribution in [0.3, 0.4) is 0 Å². The molecule has 0 saturated heterocycles. The van der Waals surface area contributed by atoms with Crippen LogP contribution in [-0.2, 0) is 49.2 Å². The maximum absolute atomic E-state index is 11.5. The van der Waals surface area contributed by atoms with Crippen LogP contribution in [-0.4, -0.2) is 117 Å². The number of amides is 1. The van der Waals surface area contributed by atoms with Crippen molar-refractivity contribution in [3.8, 4) is 0 Å². The molecule has 0 heterocycles. The number of nitrogens with one attached hydrogen (secondary N) is 1. The van der Waals surface area contributed by atoms with Crippen LogP contribution < -0.4 is 5.32 Å². The first-order valence-corrected chi connectivity index (χ1v) is 13.6. The highest BCUT2D eigenvalue weighted by atomic mass is 16.6. The molecule has 226 valence electrons. The van der Waals surface area contributed by atoms with Crippen molar-refractivity contribution >= 4 is 6.09 Å². The molecule has 0 fully saturated rings. The summed E-state index contributed by atoms with van der Waals surface area (Å²) in [4.78, 5) is 11.5. The molecule has 0 unspecified atom stereocenters. The molecule has 0 aromatic heterocycles. The minimum absolute atomic E-state index is 0.388. The van der Waals surface area contributed by atoms with E-state index in [-0.39, 0.29) is 0 Å². The summed E-state index contributed by atoms with van der Waals surface area (Å²) in [5.74, 6) is 0. The standard InChI is InChI=1S/C28H49NO10/c1-28(2,3)39-27(30)29-9-10-31-11-12-32-13-14-33-15-16-34-17-18-35-19-20-36-21-22-37-23-24-38-25-26-7-5-4-6-8-26/h4-8H,9-25H2,1-3H3,(H,29,30). The molecule has 0 radical (unpaired) electrons. The van der Waals surface area contributed by atoms with Crippen LogP contribution in [0.15, 0.2) is 30.3 Å². The van der Waals surface area contributed by atoms with Crippen LogP contribution in [0.5, 0.6) is 0 Å². The first-order valence-electron chi connectivity index (χ1n) is 13.6. The molecule has 1 N–H and O–H groups in total. The van der Waals surface area contributed by atoms with Crippen molar-refractivity contribution in [1.82, 2.24) is 5.32 Å². The molecule has 39 heavy (non-hydrogen) atoms. The summed E-state index contributed by atoms with van der Waals surface area (Å²) in [6.07, 6.45) is -0.448. The normalized spacial score (nSPS) is 11.6. The number of carbonyl (C=O) groups excluding carboxylic acids is 1. The zero-order valence-corrected chi connectivity index (χ0v) is 24.0. The fraction of sp³-hybridized carbons (Fsp3) is 0.750. The van der Waals surface area contributed by atoms with E-state index >= 15 is 0 Å². The van der Waals surface area contributed by atoms with Gasteiger partial charge in [-0.3, -0.25) is 0 Å². The van der Waals surface area contributed by atoms with Gasteiger partial charge in [-0.15, -0.1) is 0 Å². The Kier molecular flexibility index (Phi) is 22.7. The fourth-order valence-corrected chi connectivity index (χ4v) is 2.84. The van der Waals surface area contributed by atoms with Crippen molar-refractivity contribution in [2.24, 2.45) is 0 Å². The summed E-state index contributed by atoms with van der Waals surface area (Å²) in [5, 5.41) is 2.63. The largest absolute Gasteiger partial charge is 0.444 e. The minimum atomic E-state index is -0.506. The summed E-state index contributed by atoms with van der Waals surface area (Å²) in [6, 6.07) is 10.1. The average molecular weight is 560 g/mol. The third kappa shape index (κ3) is 26.2. The van der Waals surface area contributed by atoms with Crippen molar-refractivity contribution in [2.75, 3.05) is 106 Å². The molecule has 1 rings (SSSR count). The lowest BCUT2D eigenvalue weighted by Gasteiger charge is -2.19. The van der Waals surface area contributed by atoms with Crippen molar-refractivity contribution < 1.29 is 47.4 Å². The highest BCUT2D eigenvalue weighted by molar-refractivity contribution is 5.67. The van der Waals surface area contributed by atoms with Crippen LogP contribution in [0.1, 0.15) is 26.3 Å². The van der Waals surface area contributed by atoms with Gasteiger partial charge in [-0.05, 0) is 26.3 Å². The van der Waals surface area contributed by atoms with E-state index in [9.17, 15) is 4.79 Å². The van der Waals surface area contributed by atoms with Crippen LogP contribution in [0, 0.1) is 0 Å². The SMILES string of the molecule is CC(C)(C)OC(=O)NCCOCCOCCOCCOCCOCCOCCOCCOCc1ccccc1. The maximum Gasteiger partial charge on any atom is 0.407 e. The van der Waals surface area contributed by atoms with E-state index in [1.165, 1.54) is 0 Å². The smallest absolute Gasteiger partial charge is 0.407 e. The third-order valence-electron chi connectivity index (χ3n) is 4.63. The van der Waals surface area contributed by atoms with Gasteiger partial charge in [0.25, 0.3) is 0 Å². The highest BCUT2D eigenvalue weighted by Crippen LogP contribution is 2.06. The van der Waals surface area contributed by atoms with Crippen LogP contribution in [0.4, 0.5) is 4.79 Å². The summed E-state index contributed by atoms with van der Waals surface area (Å²) in [7, 11) is 0. The lowest BCUT2D eigenvalue weighted by Crippen LogP contribution is -2.34. The van der Waals surface area contributed by atoms with Gasteiger partial charge in [0, 0.05) is 6.54 Å². The number of hydrogen-bond donors (Lipinski definition) is 1. The zero-order chi connectivity index (χ0) is 28.3. The first kappa shape index (κ1) is 35.2. The summed E-state index contributed by atoms with van der Waals surface area (Å²) in [5.41, 5.74) is 0.651. The van der Waals surface area contributed by atoms with Gasteiger partial charge in [0.2, 0.25) is 0 Å². The third-order valence-corrected chi connectivity index (χ3v) is 4.63. The van der Waals surface area contributed by atoms with Gasteiger partial charge in [0.05, 0.1) is 106 Å². The Morgan fingerprint density at radius 2 is 0.923 bits per heavy atom. The van der Waals surface area contributed by atoms with Gasteiger partial charge in [-0.1, -0.05) is 30.3 Å². The molecular weight excluding hydrogens is 510 g/mol. The maximum atomic E-state index is 11.5. The Morgan fingerprint density at radius 1 is 0.564 bits per heavy atom. The van der Waals surface area contributed by atoms with Crippen molar-refractivity contribution in [3.63, 3.8) is 0 Å². The lowest BCUT2D eigenvalue weighted by molar-refractivity contribution is -0.0235. The molecule has 11 heteroatoms.